The molecule has 14 heavy (non-hydrogen) atoms. The molecule has 0 aromatic rings. The minimum Gasteiger partial charge on any atom is -0.481 e. The van der Waals surface area contributed by atoms with Crippen LogP contribution in [0.4, 0.5) is 0 Å². The second-order valence-electron chi connectivity index (χ2n) is 3.47. The van der Waals surface area contributed by atoms with Gasteiger partial charge in [0.1, 0.15) is 0 Å². The topological polar surface area (TPSA) is 92.4 Å². The molecule has 4 N–H and O–H groups in total. The summed E-state index contributed by atoms with van der Waals surface area (Å²) in [6.07, 6.45) is 1.74. The molecule has 0 aliphatic heterocycles. The quantitative estimate of drug-likeness (QED) is 0.481. The highest BCUT2D eigenvalue weighted by Crippen LogP contribution is 2.08. The van der Waals surface area contributed by atoms with Crippen molar-refractivity contribution in [1.29, 1.82) is 0 Å². The minimum atomic E-state index is -0.762. The molecule has 1 unspecified atom stereocenters. The number of hydrogen-bond donors (Lipinski definition) is 3. The van der Waals surface area contributed by atoms with E-state index >= 15 is 0 Å². The average molecular weight is 202 g/mol. The summed E-state index contributed by atoms with van der Waals surface area (Å²) in [5.41, 5.74) is 4.93. The number of amides is 1. The molecule has 5 heteroatoms. The molecular formula is C9H18N2O3. The number of carboxylic acids is 1. The predicted octanol–water partition coefficient (Wildman–Crippen LogP) is -0.0477. The first kappa shape index (κ1) is 12.9. The van der Waals surface area contributed by atoms with Crippen molar-refractivity contribution in [2.24, 2.45) is 11.7 Å². The van der Waals surface area contributed by atoms with Gasteiger partial charge in [-0.05, 0) is 25.3 Å². The zero-order valence-electron chi connectivity index (χ0n) is 8.45. The van der Waals surface area contributed by atoms with Gasteiger partial charge in [-0.25, -0.2) is 0 Å². The van der Waals surface area contributed by atoms with Gasteiger partial charge in [-0.2, -0.15) is 0 Å². The summed E-state index contributed by atoms with van der Waals surface area (Å²) in [5.74, 6) is -0.781. The van der Waals surface area contributed by atoms with E-state index < -0.39 is 5.97 Å². The third kappa shape index (κ3) is 8.99. The summed E-state index contributed by atoms with van der Waals surface area (Å²) in [6, 6.07) is 0. The molecule has 0 aliphatic carbocycles. The number of aliphatic carboxylic acids is 1. The van der Waals surface area contributed by atoms with Crippen LogP contribution in [0.15, 0.2) is 0 Å². The van der Waals surface area contributed by atoms with Gasteiger partial charge in [-0.1, -0.05) is 6.92 Å². The van der Waals surface area contributed by atoms with E-state index in [9.17, 15) is 9.59 Å². The zero-order valence-corrected chi connectivity index (χ0v) is 8.45. The lowest BCUT2D eigenvalue weighted by Gasteiger charge is -2.09. The van der Waals surface area contributed by atoms with E-state index in [4.69, 9.17) is 10.8 Å². The van der Waals surface area contributed by atoms with Crippen molar-refractivity contribution < 1.29 is 14.7 Å². The molecule has 0 bridgehead atoms. The number of nitrogens with one attached hydrogen (secondary N) is 1. The van der Waals surface area contributed by atoms with Crippen LogP contribution in [0.3, 0.4) is 0 Å². The molecule has 0 rings (SSSR count). The van der Waals surface area contributed by atoms with Gasteiger partial charge in [0, 0.05) is 6.42 Å². The van der Waals surface area contributed by atoms with Gasteiger partial charge in [0.05, 0.1) is 6.54 Å². The van der Waals surface area contributed by atoms with Crippen LogP contribution >= 0.6 is 0 Å². The molecule has 0 radical (unpaired) electrons. The maximum absolute atomic E-state index is 10.3. The number of carboxylic acid groups (broad SMARTS) is 1. The Balaban J connectivity index is 3.30. The van der Waals surface area contributed by atoms with Crippen LogP contribution in [0.5, 0.6) is 0 Å². The molecule has 0 fully saturated rings. The fourth-order valence-corrected chi connectivity index (χ4v) is 1.07. The molecule has 0 spiro atoms. The molecule has 0 aromatic carbocycles. The average Bonchev–Trinajstić information content (AvgIpc) is 2.08. The maximum atomic E-state index is 10.3. The molecule has 1 atom stereocenters. The number of primary amides is 1. The third-order valence-corrected chi connectivity index (χ3v) is 1.96. The third-order valence-electron chi connectivity index (χ3n) is 1.96. The Hall–Kier alpha value is -1.10. The van der Waals surface area contributed by atoms with Gasteiger partial charge >= 0.3 is 5.97 Å². The number of carbonyl (C=O) groups excluding carboxylic acids is 1. The fraction of sp³-hybridized carbons (Fsp3) is 0.778. The SMILES string of the molecule is CC(CCNCC(N)=O)CCC(=O)O. The van der Waals surface area contributed by atoms with Crippen molar-refractivity contribution in [2.45, 2.75) is 26.2 Å². The molecule has 0 saturated carbocycles. The molecule has 0 aliphatic rings. The first-order chi connectivity index (χ1) is 6.52. The summed E-state index contributed by atoms with van der Waals surface area (Å²) in [4.78, 5) is 20.6. The summed E-state index contributed by atoms with van der Waals surface area (Å²) < 4.78 is 0. The monoisotopic (exact) mass is 202 g/mol. The molecule has 5 nitrogen and oxygen atoms in total. The Morgan fingerprint density at radius 1 is 1.43 bits per heavy atom. The van der Waals surface area contributed by atoms with Crippen molar-refractivity contribution in [1.82, 2.24) is 5.32 Å². The normalized spacial score (nSPS) is 12.4. The summed E-state index contributed by atoms with van der Waals surface area (Å²) in [7, 11) is 0. The lowest BCUT2D eigenvalue weighted by Crippen LogP contribution is -2.29. The van der Waals surface area contributed by atoms with E-state index in [0.717, 1.165) is 6.42 Å². The molecule has 0 aromatic heterocycles. The highest BCUT2D eigenvalue weighted by Gasteiger charge is 2.05. The van der Waals surface area contributed by atoms with Crippen LogP contribution in [-0.4, -0.2) is 30.1 Å². The number of hydrogen-bond acceptors (Lipinski definition) is 3. The molecule has 0 saturated heterocycles. The van der Waals surface area contributed by atoms with E-state index in [0.29, 0.717) is 18.9 Å². The predicted molar refractivity (Wildman–Crippen MR) is 52.7 cm³/mol. The highest BCUT2D eigenvalue weighted by molar-refractivity contribution is 5.75. The van der Waals surface area contributed by atoms with Gasteiger partial charge in [0.25, 0.3) is 0 Å². The van der Waals surface area contributed by atoms with Gasteiger partial charge in [-0.3, -0.25) is 9.59 Å². The van der Waals surface area contributed by atoms with Gasteiger partial charge in [0.15, 0.2) is 0 Å². The summed E-state index contributed by atoms with van der Waals surface area (Å²) in [5, 5.41) is 11.3. The molecular weight excluding hydrogens is 184 g/mol. The first-order valence-electron chi connectivity index (χ1n) is 4.73. The van der Waals surface area contributed by atoms with Crippen molar-refractivity contribution in [2.75, 3.05) is 13.1 Å². The molecule has 82 valence electrons. The number of carbonyl (C=O) groups is 2. The first-order valence-corrected chi connectivity index (χ1v) is 4.73. The van der Waals surface area contributed by atoms with Gasteiger partial charge in [-0.15, -0.1) is 0 Å². The zero-order chi connectivity index (χ0) is 11.0. The summed E-state index contributed by atoms with van der Waals surface area (Å²) in [6.45, 7) is 2.88. The second-order valence-corrected chi connectivity index (χ2v) is 3.47. The van der Waals surface area contributed by atoms with E-state index in [1.54, 1.807) is 0 Å². The summed E-state index contributed by atoms with van der Waals surface area (Å²) >= 11 is 0. The van der Waals surface area contributed by atoms with Crippen molar-refractivity contribution in [3.05, 3.63) is 0 Å². The number of rotatable bonds is 8. The molecule has 1 amide bonds. The van der Waals surface area contributed by atoms with Crippen molar-refractivity contribution in [3.63, 3.8) is 0 Å². The van der Waals surface area contributed by atoms with Crippen LogP contribution in [0.1, 0.15) is 26.2 Å². The largest absolute Gasteiger partial charge is 0.481 e. The second kappa shape index (κ2) is 7.32. The van der Waals surface area contributed by atoms with E-state index in [2.05, 4.69) is 5.32 Å². The Morgan fingerprint density at radius 2 is 2.07 bits per heavy atom. The van der Waals surface area contributed by atoms with Crippen LogP contribution < -0.4 is 11.1 Å². The van der Waals surface area contributed by atoms with Crippen LogP contribution in [0, 0.1) is 5.92 Å². The lowest BCUT2D eigenvalue weighted by molar-refractivity contribution is -0.137. The van der Waals surface area contributed by atoms with Crippen molar-refractivity contribution in [3.8, 4) is 0 Å². The van der Waals surface area contributed by atoms with Gasteiger partial charge < -0.3 is 16.2 Å². The standard InChI is InChI=1S/C9H18N2O3/c1-7(2-3-9(13)14)4-5-11-6-8(10)12/h7,11H,2-6H2,1H3,(H2,10,12)(H,13,14). The highest BCUT2D eigenvalue weighted by atomic mass is 16.4. The Bertz CT molecular complexity index is 194. The van der Waals surface area contributed by atoms with Gasteiger partial charge in [0.2, 0.25) is 5.91 Å². The molecule has 0 heterocycles. The van der Waals surface area contributed by atoms with E-state index in [1.165, 1.54) is 0 Å². The Kier molecular flexibility index (Phi) is 6.74. The lowest BCUT2D eigenvalue weighted by atomic mass is 10.0. The van der Waals surface area contributed by atoms with Crippen LogP contribution in [-0.2, 0) is 9.59 Å². The Morgan fingerprint density at radius 3 is 2.57 bits per heavy atom. The van der Waals surface area contributed by atoms with Crippen molar-refractivity contribution >= 4 is 11.9 Å². The van der Waals surface area contributed by atoms with E-state index in [-0.39, 0.29) is 18.9 Å². The van der Waals surface area contributed by atoms with Crippen LogP contribution in [0.2, 0.25) is 0 Å². The maximum Gasteiger partial charge on any atom is 0.303 e. The minimum absolute atomic E-state index is 0.186. The fourth-order valence-electron chi connectivity index (χ4n) is 1.07. The Labute approximate surface area is 83.7 Å². The van der Waals surface area contributed by atoms with E-state index in [1.807, 2.05) is 6.92 Å². The smallest absolute Gasteiger partial charge is 0.303 e. The number of nitrogens with two attached hydrogens (primary N) is 1. The van der Waals surface area contributed by atoms with Crippen LogP contribution in [0.25, 0.3) is 0 Å².